The fourth-order valence-corrected chi connectivity index (χ4v) is 2.31. The highest BCUT2D eigenvalue weighted by atomic mass is 15.0. The van der Waals surface area contributed by atoms with Crippen LogP contribution in [0.2, 0.25) is 0 Å². The van der Waals surface area contributed by atoms with Crippen LogP contribution in [0.5, 0.6) is 0 Å². The molecule has 0 aliphatic carbocycles. The molecular weight excluding hydrogens is 134 g/mol. The van der Waals surface area contributed by atoms with Gasteiger partial charge in [-0.3, -0.25) is 0 Å². The maximum absolute atomic E-state index is 3.64. The van der Waals surface area contributed by atoms with Crippen LogP contribution >= 0.6 is 0 Å². The maximum Gasteiger partial charge on any atom is 0.0108 e. The molecule has 2 aliphatic heterocycles. The fraction of sp³-hybridized carbons (Fsp3) is 0.800. The Labute approximate surface area is 68.9 Å². The lowest BCUT2D eigenvalue weighted by atomic mass is 9.95. The van der Waals surface area contributed by atoms with E-state index >= 15 is 0 Å². The Bertz CT molecular complexity index is 175. The van der Waals surface area contributed by atoms with E-state index < -0.39 is 0 Å². The van der Waals surface area contributed by atoms with Crippen molar-refractivity contribution in [3.8, 4) is 0 Å². The second kappa shape index (κ2) is 2.63. The van der Waals surface area contributed by atoms with E-state index in [0.717, 1.165) is 12.1 Å². The van der Waals surface area contributed by atoms with Gasteiger partial charge in [0, 0.05) is 12.1 Å². The monoisotopic (exact) mass is 151 g/mol. The van der Waals surface area contributed by atoms with Crippen molar-refractivity contribution in [2.75, 3.05) is 0 Å². The zero-order valence-electron chi connectivity index (χ0n) is 7.48. The highest BCUT2D eigenvalue weighted by Crippen LogP contribution is 2.31. The van der Waals surface area contributed by atoms with Crippen LogP contribution in [0.25, 0.3) is 0 Å². The zero-order valence-corrected chi connectivity index (χ0v) is 7.48. The number of hydrogen-bond acceptors (Lipinski definition) is 1. The summed E-state index contributed by atoms with van der Waals surface area (Å²) in [5.41, 5.74) is 3.28. The third-order valence-electron chi connectivity index (χ3n) is 3.03. The largest absolute Gasteiger partial charge is 0.311 e. The highest BCUT2D eigenvalue weighted by molar-refractivity contribution is 5.17. The SMILES string of the molecule is CC(C)=C1CC2CCC(C1)N2. The van der Waals surface area contributed by atoms with Crippen LogP contribution in [0.4, 0.5) is 0 Å². The molecule has 2 heterocycles. The molecule has 2 rings (SSSR count). The summed E-state index contributed by atoms with van der Waals surface area (Å²) >= 11 is 0. The predicted molar refractivity (Wildman–Crippen MR) is 47.6 cm³/mol. The normalized spacial score (nSPS) is 36.0. The molecule has 11 heavy (non-hydrogen) atoms. The molecule has 0 aromatic heterocycles. The lowest BCUT2D eigenvalue weighted by Crippen LogP contribution is -2.34. The van der Waals surface area contributed by atoms with Gasteiger partial charge in [-0.1, -0.05) is 11.1 Å². The van der Waals surface area contributed by atoms with Crippen LogP contribution in [0, 0.1) is 0 Å². The van der Waals surface area contributed by atoms with Gasteiger partial charge in [-0.2, -0.15) is 0 Å². The van der Waals surface area contributed by atoms with Gasteiger partial charge in [-0.25, -0.2) is 0 Å². The van der Waals surface area contributed by atoms with E-state index in [9.17, 15) is 0 Å². The predicted octanol–water partition coefficient (Wildman–Crippen LogP) is 2.24. The molecule has 1 heteroatoms. The second-order valence-corrected chi connectivity index (χ2v) is 4.15. The van der Waals surface area contributed by atoms with Gasteiger partial charge in [0.1, 0.15) is 0 Å². The van der Waals surface area contributed by atoms with Gasteiger partial charge >= 0.3 is 0 Å². The number of allylic oxidation sites excluding steroid dienone is 1. The molecule has 1 N–H and O–H groups in total. The number of rotatable bonds is 0. The van der Waals surface area contributed by atoms with E-state index in [0.29, 0.717) is 0 Å². The van der Waals surface area contributed by atoms with Crippen molar-refractivity contribution >= 4 is 0 Å². The van der Waals surface area contributed by atoms with Gasteiger partial charge < -0.3 is 5.32 Å². The van der Waals surface area contributed by atoms with E-state index in [1.165, 1.54) is 25.7 Å². The van der Waals surface area contributed by atoms with E-state index in [1.54, 1.807) is 11.1 Å². The molecule has 0 aromatic carbocycles. The van der Waals surface area contributed by atoms with Gasteiger partial charge in [0.15, 0.2) is 0 Å². The van der Waals surface area contributed by atoms with Crippen molar-refractivity contribution in [1.82, 2.24) is 5.32 Å². The first kappa shape index (κ1) is 7.35. The Balaban J connectivity index is 2.14. The van der Waals surface area contributed by atoms with E-state index in [-0.39, 0.29) is 0 Å². The topological polar surface area (TPSA) is 12.0 Å². The lowest BCUT2D eigenvalue weighted by molar-refractivity contribution is 0.471. The molecule has 1 nitrogen and oxygen atoms in total. The van der Waals surface area contributed by atoms with Crippen molar-refractivity contribution in [1.29, 1.82) is 0 Å². The maximum atomic E-state index is 3.64. The molecule has 0 radical (unpaired) electrons. The summed E-state index contributed by atoms with van der Waals surface area (Å²) in [6, 6.07) is 1.64. The van der Waals surface area contributed by atoms with Crippen LogP contribution in [-0.2, 0) is 0 Å². The van der Waals surface area contributed by atoms with Crippen molar-refractivity contribution in [2.45, 2.75) is 51.6 Å². The Hall–Kier alpha value is -0.300. The van der Waals surface area contributed by atoms with Crippen LogP contribution < -0.4 is 5.32 Å². The van der Waals surface area contributed by atoms with Crippen LogP contribution in [-0.4, -0.2) is 12.1 Å². The molecule has 2 aliphatic rings. The smallest absolute Gasteiger partial charge is 0.0108 e. The number of hydrogen-bond donors (Lipinski definition) is 1. The Kier molecular flexibility index (Phi) is 1.76. The fourth-order valence-electron chi connectivity index (χ4n) is 2.31. The Morgan fingerprint density at radius 1 is 1.18 bits per heavy atom. The van der Waals surface area contributed by atoms with E-state index in [4.69, 9.17) is 0 Å². The first-order valence-electron chi connectivity index (χ1n) is 4.67. The molecule has 2 saturated heterocycles. The Morgan fingerprint density at radius 3 is 2.18 bits per heavy atom. The van der Waals surface area contributed by atoms with Crippen LogP contribution in [0.1, 0.15) is 39.5 Å². The third-order valence-corrected chi connectivity index (χ3v) is 3.03. The minimum Gasteiger partial charge on any atom is -0.311 e. The highest BCUT2D eigenvalue weighted by Gasteiger charge is 2.30. The minimum atomic E-state index is 0.818. The number of piperidine rings is 1. The van der Waals surface area contributed by atoms with E-state index in [1.807, 2.05) is 0 Å². The third kappa shape index (κ3) is 1.34. The first-order valence-corrected chi connectivity index (χ1v) is 4.67. The van der Waals surface area contributed by atoms with Gasteiger partial charge in [0.05, 0.1) is 0 Å². The average molecular weight is 151 g/mol. The molecule has 2 atom stereocenters. The van der Waals surface area contributed by atoms with Crippen molar-refractivity contribution in [3.63, 3.8) is 0 Å². The van der Waals surface area contributed by atoms with Gasteiger partial charge in [-0.15, -0.1) is 0 Å². The molecule has 62 valence electrons. The number of fused-ring (bicyclic) bond motifs is 2. The minimum absolute atomic E-state index is 0.818. The van der Waals surface area contributed by atoms with Crippen molar-refractivity contribution in [2.24, 2.45) is 0 Å². The average Bonchev–Trinajstić information content (AvgIpc) is 2.30. The van der Waals surface area contributed by atoms with E-state index in [2.05, 4.69) is 19.2 Å². The van der Waals surface area contributed by atoms with Crippen LogP contribution in [0.3, 0.4) is 0 Å². The molecular formula is C10H17N. The summed E-state index contributed by atoms with van der Waals surface area (Å²) in [6.45, 7) is 4.50. The summed E-state index contributed by atoms with van der Waals surface area (Å²) in [7, 11) is 0. The lowest BCUT2D eigenvalue weighted by Gasteiger charge is -2.24. The van der Waals surface area contributed by atoms with Crippen LogP contribution in [0.15, 0.2) is 11.1 Å². The van der Waals surface area contributed by atoms with Crippen molar-refractivity contribution in [3.05, 3.63) is 11.1 Å². The summed E-state index contributed by atoms with van der Waals surface area (Å²) < 4.78 is 0. The van der Waals surface area contributed by atoms with Gasteiger partial charge in [-0.05, 0) is 39.5 Å². The molecule has 0 aromatic rings. The first-order chi connectivity index (χ1) is 5.25. The Morgan fingerprint density at radius 2 is 1.73 bits per heavy atom. The molecule has 0 saturated carbocycles. The summed E-state index contributed by atoms with van der Waals surface area (Å²) in [5, 5.41) is 3.64. The van der Waals surface area contributed by atoms with Crippen molar-refractivity contribution < 1.29 is 0 Å². The summed E-state index contributed by atoms with van der Waals surface area (Å²) in [5.74, 6) is 0. The molecule has 0 spiro atoms. The molecule has 2 fully saturated rings. The van der Waals surface area contributed by atoms with Gasteiger partial charge in [0.2, 0.25) is 0 Å². The second-order valence-electron chi connectivity index (χ2n) is 4.15. The zero-order chi connectivity index (χ0) is 7.84. The molecule has 2 bridgehead atoms. The summed E-state index contributed by atoms with van der Waals surface area (Å²) in [4.78, 5) is 0. The standard InChI is InChI=1S/C10H17N/c1-7(2)8-5-9-3-4-10(6-8)11-9/h9-11H,3-6H2,1-2H3. The van der Waals surface area contributed by atoms with Gasteiger partial charge in [0.25, 0.3) is 0 Å². The number of nitrogens with one attached hydrogen (secondary N) is 1. The molecule has 2 unspecified atom stereocenters. The summed E-state index contributed by atoms with van der Waals surface area (Å²) in [6.07, 6.45) is 5.44. The quantitative estimate of drug-likeness (QED) is 0.523. The molecule has 0 amide bonds.